The molecular weight excluding hydrogens is 164 g/mol. The predicted molar refractivity (Wildman–Crippen MR) is 55.0 cm³/mol. The molecule has 4 N–H and O–H groups in total. The number of hydrogen-bond donors (Lipinski definition) is 2. The van der Waals surface area contributed by atoms with Crippen LogP contribution in [-0.2, 0) is 0 Å². The Hall–Kier alpha value is -1.19. The molecule has 0 aromatic carbocycles. The fourth-order valence-electron chi connectivity index (χ4n) is 1.31. The van der Waals surface area contributed by atoms with E-state index in [4.69, 9.17) is 11.6 Å². The molecule has 0 atom stereocenters. The fraction of sp³-hybridized carbons (Fsp3) is 0.667. The zero-order valence-corrected chi connectivity index (χ0v) is 8.70. The van der Waals surface area contributed by atoms with Gasteiger partial charge in [-0.1, -0.05) is 27.7 Å². The number of nitrogen functional groups attached to an aromatic ring is 2. The van der Waals surface area contributed by atoms with Gasteiger partial charge in [-0.3, -0.25) is 0 Å². The van der Waals surface area contributed by atoms with Gasteiger partial charge in [0.25, 0.3) is 0 Å². The minimum Gasteiger partial charge on any atom is -0.382 e. The third kappa shape index (κ3) is 1.61. The van der Waals surface area contributed by atoms with E-state index in [2.05, 4.69) is 32.7 Å². The lowest BCUT2D eigenvalue weighted by Crippen LogP contribution is -2.16. The van der Waals surface area contributed by atoms with E-state index >= 15 is 0 Å². The lowest BCUT2D eigenvalue weighted by atomic mass is 10.1. The molecule has 1 aromatic rings. The second-order valence-electron chi connectivity index (χ2n) is 3.92. The maximum Gasteiger partial charge on any atom is 0.146 e. The van der Waals surface area contributed by atoms with Crippen molar-refractivity contribution in [1.29, 1.82) is 0 Å². The number of hydrogen-bond acceptors (Lipinski definition) is 3. The molecule has 13 heavy (non-hydrogen) atoms. The highest BCUT2D eigenvalue weighted by atomic mass is 15.4. The molecule has 1 aromatic heterocycles. The summed E-state index contributed by atoms with van der Waals surface area (Å²) in [6, 6.07) is 0. The van der Waals surface area contributed by atoms with Gasteiger partial charge in [0.1, 0.15) is 11.6 Å². The fourth-order valence-corrected chi connectivity index (χ4v) is 1.31. The van der Waals surface area contributed by atoms with E-state index in [0.29, 0.717) is 17.7 Å². The Labute approximate surface area is 78.9 Å². The van der Waals surface area contributed by atoms with Crippen LogP contribution in [0.25, 0.3) is 0 Å². The van der Waals surface area contributed by atoms with Crippen LogP contribution in [0.1, 0.15) is 51.0 Å². The van der Waals surface area contributed by atoms with Crippen LogP contribution >= 0.6 is 0 Å². The summed E-state index contributed by atoms with van der Waals surface area (Å²) in [7, 11) is 0. The molecule has 74 valence electrons. The zero-order valence-electron chi connectivity index (χ0n) is 8.70. The number of nitrogens with zero attached hydrogens (tertiary/aromatic N) is 2. The molecule has 0 aliphatic heterocycles. The highest BCUT2D eigenvalue weighted by molar-refractivity contribution is 5.40. The van der Waals surface area contributed by atoms with Crippen LogP contribution in [0.5, 0.6) is 0 Å². The van der Waals surface area contributed by atoms with Crippen molar-refractivity contribution in [3.8, 4) is 0 Å². The molecule has 4 heteroatoms. The van der Waals surface area contributed by atoms with E-state index in [1.807, 2.05) is 0 Å². The average Bonchev–Trinajstić information content (AvgIpc) is 2.29. The van der Waals surface area contributed by atoms with Gasteiger partial charge in [0.05, 0.1) is 5.69 Å². The second-order valence-corrected chi connectivity index (χ2v) is 3.92. The molecule has 0 saturated heterocycles. The predicted octanol–water partition coefficient (Wildman–Crippen LogP) is 1.43. The van der Waals surface area contributed by atoms with E-state index in [9.17, 15) is 0 Å². The minimum absolute atomic E-state index is 0.305. The van der Waals surface area contributed by atoms with Gasteiger partial charge in [0, 0.05) is 5.92 Å². The van der Waals surface area contributed by atoms with Gasteiger partial charge < -0.3 is 11.6 Å². The lowest BCUT2D eigenvalue weighted by Gasteiger charge is -2.04. The zero-order chi connectivity index (χ0) is 10.2. The first kappa shape index (κ1) is 9.89. The smallest absolute Gasteiger partial charge is 0.146 e. The second kappa shape index (κ2) is 3.28. The van der Waals surface area contributed by atoms with E-state index in [0.717, 1.165) is 11.5 Å². The molecule has 0 unspecified atom stereocenters. The van der Waals surface area contributed by atoms with Crippen molar-refractivity contribution in [3.05, 3.63) is 11.5 Å². The van der Waals surface area contributed by atoms with Crippen molar-refractivity contribution in [1.82, 2.24) is 9.66 Å². The Morgan fingerprint density at radius 2 is 1.69 bits per heavy atom. The van der Waals surface area contributed by atoms with Crippen molar-refractivity contribution >= 4 is 5.82 Å². The molecule has 0 fully saturated rings. The average molecular weight is 182 g/mol. The van der Waals surface area contributed by atoms with Gasteiger partial charge >= 0.3 is 0 Å². The lowest BCUT2D eigenvalue weighted by molar-refractivity contribution is 0.732. The highest BCUT2D eigenvalue weighted by Gasteiger charge is 2.16. The largest absolute Gasteiger partial charge is 0.382 e. The standard InChI is InChI=1S/C9H18N4/c1-5(2)7-8(10)13(11)9(12-7)6(3)4/h5-6H,10-11H2,1-4H3. The summed E-state index contributed by atoms with van der Waals surface area (Å²) < 4.78 is 1.49. The molecule has 0 saturated carbocycles. The third-order valence-corrected chi connectivity index (χ3v) is 2.07. The van der Waals surface area contributed by atoms with Crippen molar-refractivity contribution in [3.63, 3.8) is 0 Å². The Bertz CT molecular complexity index is 270. The molecule has 0 spiro atoms. The quantitative estimate of drug-likeness (QED) is 0.680. The van der Waals surface area contributed by atoms with Crippen LogP contribution in [0.3, 0.4) is 0 Å². The van der Waals surface area contributed by atoms with Crippen molar-refractivity contribution in [2.45, 2.75) is 39.5 Å². The highest BCUT2D eigenvalue weighted by Crippen LogP contribution is 2.23. The molecule has 0 amide bonds. The van der Waals surface area contributed by atoms with E-state index in [1.54, 1.807) is 0 Å². The summed E-state index contributed by atoms with van der Waals surface area (Å²) in [5, 5.41) is 0. The molecule has 1 rings (SSSR count). The molecule has 0 aliphatic rings. The number of anilines is 1. The summed E-state index contributed by atoms with van der Waals surface area (Å²) in [6.45, 7) is 8.22. The normalized spacial score (nSPS) is 11.5. The van der Waals surface area contributed by atoms with Gasteiger partial charge in [-0.05, 0) is 5.92 Å². The van der Waals surface area contributed by atoms with E-state index in [1.165, 1.54) is 4.68 Å². The van der Waals surface area contributed by atoms with E-state index < -0.39 is 0 Å². The summed E-state index contributed by atoms with van der Waals surface area (Å²) in [5.74, 6) is 7.83. The van der Waals surface area contributed by atoms with Crippen molar-refractivity contribution in [2.24, 2.45) is 0 Å². The summed E-state index contributed by atoms with van der Waals surface area (Å²) >= 11 is 0. The summed E-state index contributed by atoms with van der Waals surface area (Å²) in [5.41, 5.74) is 6.71. The van der Waals surface area contributed by atoms with E-state index in [-0.39, 0.29) is 0 Å². The Kier molecular flexibility index (Phi) is 2.50. The van der Waals surface area contributed by atoms with Crippen LogP contribution in [-0.4, -0.2) is 9.66 Å². The molecule has 1 heterocycles. The van der Waals surface area contributed by atoms with Crippen LogP contribution in [0.2, 0.25) is 0 Å². The topological polar surface area (TPSA) is 69.9 Å². The maximum absolute atomic E-state index is 5.82. The molecule has 4 nitrogen and oxygen atoms in total. The summed E-state index contributed by atoms with van der Waals surface area (Å²) in [6.07, 6.45) is 0. The summed E-state index contributed by atoms with van der Waals surface area (Å²) in [4.78, 5) is 4.42. The molecule has 0 bridgehead atoms. The SMILES string of the molecule is CC(C)c1nc(C(C)C)n(N)c1N. The van der Waals surface area contributed by atoms with Gasteiger partial charge in [-0.2, -0.15) is 0 Å². The van der Waals surface area contributed by atoms with Gasteiger partial charge in [-0.15, -0.1) is 0 Å². The van der Waals surface area contributed by atoms with Crippen molar-refractivity contribution in [2.75, 3.05) is 11.6 Å². The Morgan fingerprint density at radius 1 is 1.15 bits per heavy atom. The number of nitrogens with two attached hydrogens (primary N) is 2. The molecular formula is C9H18N4. The van der Waals surface area contributed by atoms with Crippen LogP contribution in [0, 0.1) is 0 Å². The van der Waals surface area contributed by atoms with Gasteiger partial charge in [0.15, 0.2) is 0 Å². The first-order valence-corrected chi connectivity index (χ1v) is 4.58. The minimum atomic E-state index is 0.305. The monoisotopic (exact) mass is 182 g/mol. The number of rotatable bonds is 2. The number of aromatic nitrogens is 2. The van der Waals surface area contributed by atoms with Gasteiger partial charge in [0.2, 0.25) is 0 Å². The van der Waals surface area contributed by atoms with Crippen LogP contribution < -0.4 is 11.6 Å². The Balaban J connectivity index is 3.20. The number of imidazole rings is 1. The van der Waals surface area contributed by atoms with Crippen molar-refractivity contribution < 1.29 is 0 Å². The first-order chi connectivity index (χ1) is 5.95. The van der Waals surface area contributed by atoms with Gasteiger partial charge in [-0.25, -0.2) is 9.66 Å². The molecule has 0 radical (unpaired) electrons. The maximum atomic E-state index is 5.82. The third-order valence-electron chi connectivity index (χ3n) is 2.07. The molecule has 0 aliphatic carbocycles. The first-order valence-electron chi connectivity index (χ1n) is 4.58. The van der Waals surface area contributed by atoms with Crippen LogP contribution in [0.4, 0.5) is 5.82 Å². The Morgan fingerprint density at radius 3 is 1.92 bits per heavy atom. The van der Waals surface area contributed by atoms with Crippen LogP contribution in [0.15, 0.2) is 0 Å².